The highest BCUT2D eigenvalue weighted by atomic mass is 14.8. The summed E-state index contributed by atoms with van der Waals surface area (Å²) in [5.41, 5.74) is 3.60. The average Bonchev–Trinajstić information content (AvgIpc) is 2.72. The lowest BCUT2D eigenvalue weighted by molar-refractivity contribution is 1.05. The van der Waals surface area contributed by atoms with E-state index in [4.69, 9.17) is 0 Å². The molecule has 0 saturated carbocycles. The van der Waals surface area contributed by atoms with Crippen LogP contribution < -0.4 is 0 Å². The summed E-state index contributed by atoms with van der Waals surface area (Å²) >= 11 is 0. The third-order valence-corrected chi connectivity index (χ3v) is 3.26. The fourth-order valence-electron chi connectivity index (χ4n) is 1.80. The maximum absolute atomic E-state index is 3.98. The van der Waals surface area contributed by atoms with Gasteiger partial charge in [0.25, 0.3) is 0 Å². The van der Waals surface area contributed by atoms with E-state index in [0.717, 1.165) is 11.5 Å². The molecule has 0 aliphatic rings. The molecule has 0 radical (unpaired) electrons. The minimum atomic E-state index is 0.822. The van der Waals surface area contributed by atoms with Crippen LogP contribution in [0.3, 0.4) is 0 Å². The van der Waals surface area contributed by atoms with Gasteiger partial charge in [0.15, 0.2) is 0 Å². The van der Waals surface area contributed by atoms with E-state index in [0.29, 0.717) is 0 Å². The predicted molar refractivity (Wildman–Crippen MR) is 116 cm³/mol. The molecule has 0 bridgehead atoms. The Morgan fingerprint density at radius 1 is 0.500 bits per heavy atom. The second-order valence-electron chi connectivity index (χ2n) is 5.95. The first-order valence-electron chi connectivity index (χ1n) is 9.07. The third kappa shape index (κ3) is 12.9. The summed E-state index contributed by atoms with van der Waals surface area (Å²) in [5, 5.41) is 0. The molecule has 4 rings (SSSR count). The van der Waals surface area contributed by atoms with Crippen molar-refractivity contribution in [2.24, 2.45) is 0 Å². The monoisotopic (exact) mass is 372 g/mol. The average molecular weight is 373 g/mol. The SMILES string of the molecule is Cc1ccccc1.Cc1ccccn1.Cc1cccnc1.Cc1ncccn1. The molecule has 0 amide bonds. The van der Waals surface area contributed by atoms with Crippen LogP contribution in [0, 0.1) is 27.7 Å². The Morgan fingerprint density at radius 3 is 1.39 bits per heavy atom. The van der Waals surface area contributed by atoms with Gasteiger partial charge in [0.1, 0.15) is 5.82 Å². The second-order valence-corrected chi connectivity index (χ2v) is 5.95. The molecule has 144 valence electrons. The number of benzene rings is 1. The molecule has 0 saturated heterocycles. The van der Waals surface area contributed by atoms with Gasteiger partial charge in [-0.05, 0) is 57.5 Å². The van der Waals surface area contributed by atoms with Crippen molar-refractivity contribution in [3.8, 4) is 0 Å². The van der Waals surface area contributed by atoms with E-state index in [-0.39, 0.29) is 0 Å². The number of aryl methyl sites for hydroxylation is 4. The molecule has 28 heavy (non-hydrogen) atoms. The number of pyridine rings is 2. The Balaban J connectivity index is 0.000000187. The van der Waals surface area contributed by atoms with E-state index < -0.39 is 0 Å². The van der Waals surface area contributed by atoms with Crippen molar-refractivity contribution in [2.45, 2.75) is 27.7 Å². The largest absolute Gasteiger partial charge is 0.264 e. The highest BCUT2D eigenvalue weighted by molar-refractivity contribution is 5.11. The Hall–Kier alpha value is -3.40. The van der Waals surface area contributed by atoms with Crippen molar-refractivity contribution >= 4 is 0 Å². The van der Waals surface area contributed by atoms with Gasteiger partial charge in [0, 0.05) is 36.7 Å². The molecular weight excluding hydrogens is 344 g/mol. The van der Waals surface area contributed by atoms with Gasteiger partial charge in [0.05, 0.1) is 0 Å². The Kier molecular flexibility index (Phi) is 11.9. The van der Waals surface area contributed by atoms with E-state index in [1.54, 1.807) is 30.9 Å². The molecule has 4 nitrogen and oxygen atoms in total. The lowest BCUT2D eigenvalue weighted by atomic mass is 10.2. The molecule has 3 aromatic heterocycles. The molecular formula is C24H28N4. The molecule has 0 N–H and O–H groups in total. The minimum Gasteiger partial charge on any atom is -0.264 e. The van der Waals surface area contributed by atoms with Crippen LogP contribution in [0.4, 0.5) is 0 Å². The van der Waals surface area contributed by atoms with E-state index in [1.165, 1.54) is 11.1 Å². The molecule has 0 atom stereocenters. The zero-order chi connectivity index (χ0) is 20.5. The van der Waals surface area contributed by atoms with Crippen molar-refractivity contribution in [3.63, 3.8) is 0 Å². The van der Waals surface area contributed by atoms with Gasteiger partial charge < -0.3 is 0 Å². The summed E-state index contributed by atoms with van der Waals surface area (Å²) in [6.45, 7) is 7.94. The van der Waals surface area contributed by atoms with Gasteiger partial charge in [0.2, 0.25) is 0 Å². The van der Waals surface area contributed by atoms with Crippen molar-refractivity contribution in [3.05, 3.63) is 120 Å². The first kappa shape index (κ1) is 22.6. The van der Waals surface area contributed by atoms with Crippen molar-refractivity contribution in [1.29, 1.82) is 0 Å². The quantitative estimate of drug-likeness (QED) is 0.405. The van der Waals surface area contributed by atoms with Crippen molar-refractivity contribution < 1.29 is 0 Å². The van der Waals surface area contributed by atoms with Gasteiger partial charge in [-0.1, -0.05) is 48.0 Å². The van der Waals surface area contributed by atoms with Gasteiger partial charge in [-0.3, -0.25) is 9.97 Å². The molecule has 0 unspecified atom stereocenters. The standard InChI is InChI=1S/C7H8.2C6H7N.C5H6N2/c1-7-5-3-2-4-6-7;1-6-3-2-4-7-5-6;1-6-4-2-3-5-7-6;1-5-6-3-2-4-7-5/h2-6H,1H3;2*2-5H,1H3;2-4H,1H3. The first-order chi connectivity index (χ1) is 13.6. The molecule has 0 spiro atoms. The summed E-state index contributed by atoms with van der Waals surface area (Å²) in [7, 11) is 0. The van der Waals surface area contributed by atoms with Gasteiger partial charge in [-0.15, -0.1) is 0 Å². The van der Waals surface area contributed by atoms with Gasteiger partial charge in [-0.2, -0.15) is 0 Å². The number of hydrogen-bond donors (Lipinski definition) is 0. The van der Waals surface area contributed by atoms with Crippen LogP contribution in [-0.4, -0.2) is 19.9 Å². The van der Waals surface area contributed by atoms with Crippen LogP contribution in [0.25, 0.3) is 0 Å². The van der Waals surface area contributed by atoms with Crippen LogP contribution >= 0.6 is 0 Å². The fourth-order valence-corrected chi connectivity index (χ4v) is 1.80. The molecule has 4 heteroatoms. The lowest BCUT2D eigenvalue weighted by Crippen LogP contribution is -1.80. The van der Waals surface area contributed by atoms with Crippen molar-refractivity contribution in [1.82, 2.24) is 19.9 Å². The number of rotatable bonds is 0. The highest BCUT2D eigenvalue weighted by Gasteiger charge is 1.75. The molecule has 3 heterocycles. The number of nitrogens with zero attached hydrogens (tertiary/aromatic N) is 4. The minimum absolute atomic E-state index is 0.822. The van der Waals surface area contributed by atoms with Crippen LogP contribution in [0.5, 0.6) is 0 Å². The topological polar surface area (TPSA) is 51.6 Å². The van der Waals surface area contributed by atoms with E-state index >= 15 is 0 Å². The first-order valence-corrected chi connectivity index (χ1v) is 9.07. The van der Waals surface area contributed by atoms with Crippen LogP contribution in [0.1, 0.15) is 22.6 Å². The Labute approximate surface area is 168 Å². The zero-order valence-corrected chi connectivity index (χ0v) is 17.0. The number of hydrogen-bond acceptors (Lipinski definition) is 4. The lowest BCUT2D eigenvalue weighted by Gasteiger charge is -1.82. The molecule has 4 aromatic rings. The normalized spacial score (nSPS) is 8.71. The molecule has 0 aliphatic heterocycles. The van der Waals surface area contributed by atoms with Crippen molar-refractivity contribution in [2.75, 3.05) is 0 Å². The Bertz CT molecular complexity index is 686. The van der Waals surface area contributed by atoms with E-state index in [1.807, 2.05) is 75.5 Å². The summed E-state index contributed by atoms with van der Waals surface area (Å²) in [6.07, 6.45) is 8.84. The predicted octanol–water partition coefficient (Wildman–Crippen LogP) is 5.56. The summed E-state index contributed by atoms with van der Waals surface area (Å²) in [5.74, 6) is 0.822. The molecule has 0 fully saturated rings. The Morgan fingerprint density at radius 2 is 1.11 bits per heavy atom. The smallest absolute Gasteiger partial charge is 0.125 e. The summed E-state index contributed by atoms with van der Waals surface area (Å²) < 4.78 is 0. The number of aromatic nitrogens is 4. The van der Waals surface area contributed by atoms with Gasteiger partial charge in [-0.25, -0.2) is 9.97 Å². The highest BCUT2D eigenvalue weighted by Crippen LogP contribution is 1.92. The van der Waals surface area contributed by atoms with Gasteiger partial charge >= 0.3 is 0 Å². The van der Waals surface area contributed by atoms with Crippen LogP contribution in [-0.2, 0) is 0 Å². The van der Waals surface area contributed by atoms with Crippen LogP contribution in [0.15, 0.2) is 97.7 Å². The second kappa shape index (κ2) is 14.7. The zero-order valence-electron chi connectivity index (χ0n) is 17.0. The van der Waals surface area contributed by atoms with E-state index in [9.17, 15) is 0 Å². The maximum atomic E-state index is 3.98. The van der Waals surface area contributed by atoms with E-state index in [2.05, 4.69) is 39.0 Å². The van der Waals surface area contributed by atoms with Crippen LogP contribution in [0.2, 0.25) is 0 Å². The maximum Gasteiger partial charge on any atom is 0.125 e. The summed E-state index contributed by atoms with van der Waals surface area (Å²) in [6, 6.07) is 21.9. The third-order valence-electron chi connectivity index (χ3n) is 3.26. The molecule has 0 aliphatic carbocycles. The fraction of sp³-hybridized carbons (Fsp3) is 0.167. The molecule has 1 aromatic carbocycles. The summed E-state index contributed by atoms with van der Waals surface area (Å²) in [4.78, 5) is 15.6.